The zero-order valence-electron chi connectivity index (χ0n) is 16.7. The summed E-state index contributed by atoms with van der Waals surface area (Å²) in [5.74, 6) is 0.962. The highest BCUT2D eigenvalue weighted by molar-refractivity contribution is 4.56. The van der Waals surface area contributed by atoms with Crippen LogP contribution in [-0.2, 0) is 0 Å². The zero-order valence-corrected chi connectivity index (χ0v) is 16.7. The Labute approximate surface area is 149 Å². The molecule has 0 saturated carbocycles. The molecule has 0 spiro atoms. The first-order chi connectivity index (χ1) is 11.3. The Morgan fingerprint density at radius 2 is 0.870 bits per heavy atom. The maximum atomic E-state index is 3.91. The van der Waals surface area contributed by atoms with Crippen molar-refractivity contribution in [1.82, 2.24) is 0 Å². The van der Waals surface area contributed by atoms with Gasteiger partial charge in [-0.3, -0.25) is 0 Å². The second kappa shape index (κ2) is 20.0. The van der Waals surface area contributed by atoms with Crippen LogP contribution < -0.4 is 0 Å². The van der Waals surface area contributed by atoms with Crippen LogP contribution >= 0.6 is 0 Å². The second-order valence-electron chi connectivity index (χ2n) is 7.84. The lowest BCUT2D eigenvalue weighted by Crippen LogP contribution is -1.95. The highest BCUT2D eigenvalue weighted by atomic mass is 14.1. The van der Waals surface area contributed by atoms with Gasteiger partial charge in [0.05, 0.1) is 0 Å². The van der Waals surface area contributed by atoms with Crippen LogP contribution in [-0.4, -0.2) is 0 Å². The minimum atomic E-state index is 0.962. The van der Waals surface area contributed by atoms with E-state index in [1.807, 2.05) is 0 Å². The molecule has 0 heterocycles. The SMILES string of the molecule is [CH2]CCCCCCCCC(C)CCCCCCCCCCCC. The van der Waals surface area contributed by atoms with Gasteiger partial charge < -0.3 is 0 Å². The maximum absolute atomic E-state index is 3.91. The van der Waals surface area contributed by atoms with E-state index in [9.17, 15) is 0 Å². The maximum Gasteiger partial charge on any atom is -0.0443 e. The van der Waals surface area contributed by atoms with E-state index in [1.54, 1.807) is 0 Å². The fraction of sp³-hybridized carbons (Fsp3) is 0.957. The van der Waals surface area contributed by atoms with Crippen molar-refractivity contribution < 1.29 is 0 Å². The summed E-state index contributed by atoms with van der Waals surface area (Å²) in [5.41, 5.74) is 0. The smallest absolute Gasteiger partial charge is 0.0443 e. The highest BCUT2D eigenvalue weighted by Gasteiger charge is 2.02. The Bertz CT molecular complexity index is 196. The molecule has 0 aliphatic heterocycles. The van der Waals surface area contributed by atoms with Gasteiger partial charge in [-0.05, 0) is 5.92 Å². The largest absolute Gasteiger partial charge is 0.0654 e. The standard InChI is InChI=1S/C23H47/c1-4-6-8-10-12-13-14-16-18-20-22-23(3)21-19-17-15-11-9-7-5-2/h23H,2,4-22H2,1,3H3. The van der Waals surface area contributed by atoms with Gasteiger partial charge in [0.15, 0.2) is 0 Å². The number of hydrogen-bond donors (Lipinski definition) is 0. The predicted molar refractivity (Wildman–Crippen MR) is 108 cm³/mol. The van der Waals surface area contributed by atoms with Crippen LogP contribution in [0.1, 0.15) is 136 Å². The molecule has 0 bridgehead atoms. The van der Waals surface area contributed by atoms with Gasteiger partial charge in [-0.25, -0.2) is 0 Å². The Morgan fingerprint density at radius 1 is 0.522 bits per heavy atom. The van der Waals surface area contributed by atoms with Crippen LogP contribution in [0.4, 0.5) is 0 Å². The van der Waals surface area contributed by atoms with Crippen LogP contribution in [0.2, 0.25) is 0 Å². The lowest BCUT2D eigenvalue weighted by Gasteiger charge is -2.11. The first kappa shape index (κ1) is 23.0. The normalized spacial score (nSPS) is 12.7. The van der Waals surface area contributed by atoms with Crippen LogP contribution in [0.3, 0.4) is 0 Å². The molecule has 0 fully saturated rings. The van der Waals surface area contributed by atoms with E-state index in [0.29, 0.717) is 0 Å². The molecule has 1 atom stereocenters. The van der Waals surface area contributed by atoms with Crippen molar-refractivity contribution in [2.24, 2.45) is 5.92 Å². The molecular formula is C23H47. The van der Waals surface area contributed by atoms with Gasteiger partial charge in [-0.15, -0.1) is 0 Å². The molecule has 0 aliphatic rings. The summed E-state index contributed by atoms with van der Waals surface area (Å²) in [6, 6.07) is 0. The van der Waals surface area contributed by atoms with E-state index in [4.69, 9.17) is 0 Å². The molecule has 0 aromatic carbocycles. The molecule has 0 rings (SSSR count). The molecule has 0 heteroatoms. The first-order valence-corrected chi connectivity index (χ1v) is 11.1. The molecule has 1 radical (unpaired) electrons. The van der Waals surface area contributed by atoms with E-state index >= 15 is 0 Å². The second-order valence-corrected chi connectivity index (χ2v) is 7.84. The molecule has 23 heavy (non-hydrogen) atoms. The third-order valence-electron chi connectivity index (χ3n) is 5.25. The molecule has 0 nitrogen and oxygen atoms in total. The van der Waals surface area contributed by atoms with Crippen molar-refractivity contribution in [1.29, 1.82) is 0 Å². The predicted octanol–water partition coefficient (Wildman–Crippen LogP) is 8.89. The summed E-state index contributed by atoms with van der Waals surface area (Å²) in [6.07, 6.45) is 27.2. The van der Waals surface area contributed by atoms with Crippen molar-refractivity contribution in [2.75, 3.05) is 0 Å². The zero-order chi connectivity index (χ0) is 17.0. The Morgan fingerprint density at radius 3 is 1.26 bits per heavy atom. The average Bonchev–Trinajstić information content (AvgIpc) is 2.55. The van der Waals surface area contributed by atoms with E-state index in [2.05, 4.69) is 20.8 Å². The molecule has 1 unspecified atom stereocenters. The van der Waals surface area contributed by atoms with Gasteiger partial charge in [-0.2, -0.15) is 0 Å². The minimum Gasteiger partial charge on any atom is -0.0654 e. The topological polar surface area (TPSA) is 0 Å². The number of hydrogen-bond acceptors (Lipinski definition) is 0. The summed E-state index contributed by atoms with van der Waals surface area (Å²) >= 11 is 0. The van der Waals surface area contributed by atoms with Crippen LogP contribution in [0.5, 0.6) is 0 Å². The fourth-order valence-corrected chi connectivity index (χ4v) is 3.50. The molecular weight excluding hydrogens is 276 g/mol. The van der Waals surface area contributed by atoms with Gasteiger partial charge in [0.2, 0.25) is 0 Å². The average molecular weight is 324 g/mol. The van der Waals surface area contributed by atoms with E-state index < -0.39 is 0 Å². The highest BCUT2D eigenvalue weighted by Crippen LogP contribution is 2.18. The summed E-state index contributed by atoms with van der Waals surface area (Å²) in [6.45, 7) is 8.68. The molecule has 0 N–H and O–H groups in total. The third-order valence-corrected chi connectivity index (χ3v) is 5.25. The molecule has 139 valence electrons. The molecule has 0 aromatic heterocycles. The van der Waals surface area contributed by atoms with Gasteiger partial charge in [0, 0.05) is 0 Å². The van der Waals surface area contributed by atoms with Gasteiger partial charge in [0.1, 0.15) is 0 Å². The van der Waals surface area contributed by atoms with Crippen LogP contribution in [0, 0.1) is 12.8 Å². The Hall–Kier alpha value is 0. The van der Waals surface area contributed by atoms with Crippen LogP contribution in [0.25, 0.3) is 0 Å². The molecule has 0 amide bonds. The quantitative estimate of drug-likeness (QED) is 0.208. The lowest BCUT2D eigenvalue weighted by atomic mass is 9.96. The summed E-state index contributed by atoms with van der Waals surface area (Å²) in [5, 5.41) is 0. The van der Waals surface area contributed by atoms with Crippen molar-refractivity contribution in [3.63, 3.8) is 0 Å². The summed E-state index contributed by atoms with van der Waals surface area (Å²) in [4.78, 5) is 0. The third kappa shape index (κ3) is 20.0. The minimum absolute atomic E-state index is 0.962. The van der Waals surface area contributed by atoms with Crippen LogP contribution in [0.15, 0.2) is 0 Å². The molecule has 0 aliphatic carbocycles. The Kier molecular flexibility index (Phi) is 20.0. The van der Waals surface area contributed by atoms with Crippen molar-refractivity contribution in [3.05, 3.63) is 6.92 Å². The van der Waals surface area contributed by atoms with Gasteiger partial charge in [0.25, 0.3) is 0 Å². The number of rotatable bonds is 19. The van der Waals surface area contributed by atoms with E-state index in [-0.39, 0.29) is 0 Å². The van der Waals surface area contributed by atoms with E-state index in [0.717, 1.165) is 12.3 Å². The van der Waals surface area contributed by atoms with Gasteiger partial charge >= 0.3 is 0 Å². The van der Waals surface area contributed by atoms with Crippen molar-refractivity contribution in [3.8, 4) is 0 Å². The van der Waals surface area contributed by atoms with E-state index in [1.165, 1.54) is 116 Å². The fourth-order valence-electron chi connectivity index (χ4n) is 3.50. The first-order valence-electron chi connectivity index (χ1n) is 11.1. The number of unbranched alkanes of at least 4 members (excludes halogenated alkanes) is 15. The summed E-state index contributed by atoms with van der Waals surface area (Å²) in [7, 11) is 0. The van der Waals surface area contributed by atoms with Gasteiger partial charge in [-0.1, -0.05) is 143 Å². The summed E-state index contributed by atoms with van der Waals surface area (Å²) < 4.78 is 0. The molecule has 0 aromatic rings. The molecule has 0 saturated heterocycles. The Balaban J connectivity index is 3.11. The van der Waals surface area contributed by atoms with Crippen molar-refractivity contribution in [2.45, 2.75) is 136 Å². The van der Waals surface area contributed by atoms with Crippen molar-refractivity contribution >= 4 is 0 Å². The monoisotopic (exact) mass is 323 g/mol. The lowest BCUT2D eigenvalue weighted by molar-refractivity contribution is 0.430.